The zero-order valence-electron chi connectivity index (χ0n) is 19.5. The number of nitrogens with zero attached hydrogens (tertiary/aromatic N) is 4. The first-order valence-corrected chi connectivity index (χ1v) is 11.4. The van der Waals surface area contributed by atoms with Gasteiger partial charge in [0.2, 0.25) is 0 Å². The van der Waals surface area contributed by atoms with Crippen LogP contribution in [0.25, 0.3) is 22.3 Å². The average molecular weight is 473 g/mol. The number of carbonyl (C=O) groups excluding carboxylic acids is 1. The zero-order valence-corrected chi connectivity index (χ0v) is 19.5. The topological polar surface area (TPSA) is 92.3 Å². The third kappa shape index (κ3) is 4.76. The molecule has 5 rings (SSSR count). The number of fused-ring (bicyclic) bond motifs is 1. The number of benzene rings is 2. The van der Waals surface area contributed by atoms with Crippen LogP contribution in [0.4, 0.5) is 15.9 Å². The summed E-state index contributed by atoms with van der Waals surface area (Å²) in [7, 11) is 1.48. The Hall–Kier alpha value is -4.11. The fraction of sp³-hybridized carbons (Fsp3) is 0.231. The lowest BCUT2D eigenvalue weighted by Crippen LogP contribution is -2.51. The van der Waals surface area contributed by atoms with Crippen molar-refractivity contribution in [3.63, 3.8) is 0 Å². The third-order valence-electron chi connectivity index (χ3n) is 5.98. The minimum absolute atomic E-state index is 0.0319. The minimum atomic E-state index is -0.395. The lowest BCUT2D eigenvalue weighted by atomic mass is 10.1. The van der Waals surface area contributed by atoms with E-state index in [4.69, 9.17) is 9.72 Å². The molecule has 178 valence electrons. The summed E-state index contributed by atoms with van der Waals surface area (Å²) in [6.45, 7) is 4.27. The minimum Gasteiger partial charge on any atom is -0.494 e. The van der Waals surface area contributed by atoms with E-state index in [1.807, 2.05) is 41.3 Å². The zero-order chi connectivity index (χ0) is 24.4. The molecule has 1 amide bonds. The van der Waals surface area contributed by atoms with Gasteiger partial charge in [-0.25, -0.2) is 19.3 Å². The number of rotatable bonds is 5. The summed E-state index contributed by atoms with van der Waals surface area (Å²) in [6, 6.07) is 15.7. The Morgan fingerprint density at radius 3 is 2.74 bits per heavy atom. The van der Waals surface area contributed by atoms with Gasteiger partial charge in [0.25, 0.3) is 5.91 Å². The summed E-state index contributed by atoms with van der Waals surface area (Å²) in [6.07, 6.45) is 1.44. The van der Waals surface area contributed by atoms with Crippen molar-refractivity contribution in [1.29, 1.82) is 0 Å². The Bertz CT molecular complexity index is 1380. The summed E-state index contributed by atoms with van der Waals surface area (Å²) in [4.78, 5) is 28.2. The number of hydrogen-bond acceptors (Lipinski definition) is 7. The van der Waals surface area contributed by atoms with Gasteiger partial charge >= 0.3 is 0 Å². The van der Waals surface area contributed by atoms with E-state index in [0.29, 0.717) is 46.9 Å². The van der Waals surface area contributed by atoms with Crippen molar-refractivity contribution in [2.45, 2.75) is 13.0 Å². The molecule has 2 aromatic heterocycles. The van der Waals surface area contributed by atoms with Crippen molar-refractivity contribution in [3.8, 4) is 17.0 Å². The maximum Gasteiger partial charge on any atom is 0.253 e. The second-order valence-corrected chi connectivity index (χ2v) is 8.44. The van der Waals surface area contributed by atoms with E-state index < -0.39 is 5.82 Å². The molecule has 1 fully saturated rings. The normalized spacial score (nSPS) is 15.7. The number of methoxy groups -OCH3 is 1. The smallest absolute Gasteiger partial charge is 0.253 e. The number of carbonyl (C=O) groups is 1. The highest BCUT2D eigenvalue weighted by Crippen LogP contribution is 2.30. The maximum atomic E-state index is 13.6. The van der Waals surface area contributed by atoms with Crippen LogP contribution in [0, 0.1) is 5.82 Å². The van der Waals surface area contributed by atoms with Gasteiger partial charge in [0.15, 0.2) is 5.82 Å². The molecule has 35 heavy (non-hydrogen) atoms. The van der Waals surface area contributed by atoms with Crippen LogP contribution in [-0.2, 0) is 0 Å². The van der Waals surface area contributed by atoms with Crippen LogP contribution < -0.4 is 15.4 Å². The number of nitrogens with one attached hydrogen (secondary N) is 2. The first-order valence-electron chi connectivity index (χ1n) is 11.4. The highest BCUT2D eigenvalue weighted by Gasteiger charge is 2.21. The number of ether oxygens (including phenoxy) is 1. The number of piperazine rings is 1. The van der Waals surface area contributed by atoms with Crippen molar-refractivity contribution in [2.75, 3.05) is 32.1 Å². The van der Waals surface area contributed by atoms with Crippen molar-refractivity contribution in [3.05, 3.63) is 72.3 Å². The average Bonchev–Trinajstić information content (AvgIpc) is 2.89. The Morgan fingerprint density at radius 1 is 1.14 bits per heavy atom. The van der Waals surface area contributed by atoms with Crippen molar-refractivity contribution >= 4 is 28.4 Å². The van der Waals surface area contributed by atoms with Crippen LogP contribution in [0.1, 0.15) is 17.3 Å². The number of amides is 1. The van der Waals surface area contributed by atoms with Gasteiger partial charge in [0.05, 0.1) is 24.0 Å². The Balaban J connectivity index is 1.43. The molecule has 0 spiro atoms. The molecular weight excluding hydrogens is 447 g/mol. The van der Waals surface area contributed by atoms with Crippen molar-refractivity contribution in [1.82, 2.24) is 25.2 Å². The van der Waals surface area contributed by atoms with Gasteiger partial charge in [-0.1, -0.05) is 12.1 Å². The van der Waals surface area contributed by atoms with E-state index in [2.05, 4.69) is 27.5 Å². The van der Waals surface area contributed by atoms with Crippen LogP contribution >= 0.6 is 0 Å². The molecule has 1 aliphatic heterocycles. The Labute approximate surface area is 202 Å². The van der Waals surface area contributed by atoms with E-state index in [1.54, 1.807) is 6.07 Å². The van der Waals surface area contributed by atoms with Crippen LogP contribution in [-0.4, -0.2) is 58.5 Å². The molecule has 0 bridgehead atoms. The van der Waals surface area contributed by atoms with Crippen molar-refractivity contribution < 1.29 is 13.9 Å². The fourth-order valence-corrected chi connectivity index (χ4v) is 4.17. The second kappa shape index (κ2) is 9.63. The van der Waals surface area contributed by atoms with E-state index >= 15 is 0 Å². The summed E-state index contributed by atoms with van der Waals surface area (Å²) < 4.78 is 18.9. The summed E-state index contributed by atoms with van der Waals surface area (Å²) in [5.41, 5.74) is 4.02. The summed E-state index contributed by atoms with van der Waals surface area (Å²) in [5, 5.41) is 6.53. The molecule has 8 nitrogen and oxygen atoms in total. The van der Waals surface area contributed by atoms with E-state index in [9.17, 15) is 9.18 Å². The molecule has 0 saturated carbocycles. The Kier molecular flexibility index (Phi) is 6.24. The number of halogens is 1. The van der Waals surface area contributed by atoms with Gasteiger partial charge in [0.1, 0.15) is 23.4 Å². The van der Waals surface area contributed by atoms with Gasteiger partial charge in [0, 0.05) is 42.9 Å². The molecule has 0 unspecified atom stereocenters. The summed E-state index contributed by atoms with van der Waals surface area (Å²) >= 11 is 0. The first-order chi connectivity index (χ1) is 17.0. The van der Waals surface area contributed by atoms with Gasteiger partial charge in [-0.15, -0.1) is 0 Å². The molecule has 1 atom stereocenters. The third-order valence-corrected chi connectivity index (χ3v) is 5.98. The summed E-state index contributed by atoms with van der Waals surface area (Å²) in [5.74, 6) is 0.465. The maximum absolute atomic E-state index is 13.6. The molecular formula is C26H25FN6O2. The standard InChI is InChI=1S/C26H25FN6O2/c1-16-14-33(12-11-28-16)26(34)18-5-3-17(4-6-18)20-9-10-22-24(31-20)25(30-15-29-22)32-21-8-7-19(27)13-23(21)35-2/h3-10,13,15-16,28H,11-12,14H2,1-2H3,(H,29,30,32)/t16-/m1/s1. The Morgan fingerprint density at radius 2 is 1.97 bits per heavy atom. The molecule has 3 heterocycles. The lowest BCUT2D eigenvalue weighted by molar-refractivity contribution is 0.0709. The highest BCUT2D eigenvalue weighted by atomic mass is 19.1. The van der Waals surface area contributed by atoms with Gasteiger partial charge in [-0.05, 0) is 43.3 Å². The number of pyridine rings is 1. The number of anilines is 2. The second-order valence-electron chi connectivity index (χ2n) is 8.44. The largest absolute Gasteiger partial charge is 0.494 e. The van der Waals surface area contributed by atoms with Crippen LogP contribution in [0.3, 0.4) is 0 Å². The molecule has 4 aromatic rings. The molecule has 1 aliphatic rings. The van der Waals surface area contributed by atoms with Crippen LogP contribution in [0.15, 0.2) is 60.9 Å². The molecule has 2 aromatic carbocycles. The number of aromatic nitrogens is 3. The predicted octanol–water partition coefficient (Wildman–Crippen LogP) is 4.02. The first kappa shape index (κ1) is 22.7. The predicted molar refractivity (Wildman–Crippen MR) is 132 cm³/mol. The quantitative estimate of drug-likeness (QED) is 0.453. The van der Waals surface area contributed by atoms with Crippen molar-refractivity contribution in [2.24, 2.45) is 0 Å². The van der Waals surface area contributed by atoms with E-state index in [0.717, 1.165) is 17.8 Å². The molecule has 0 radical (unpaired) electrons. The van der Waals surface area contributed by atoms with Gasteiger partial charge < -0.3 is 20.3 Å². The highest BCUT2D eigenvalue weighted by molar-refractivity contribution is 5.95. The van der Waals surface area contributed by atoms with E-state index in [-0.39, 0.29) is 11.9 Å². The molecule has 1 saturated heterocycles. The van der Waals surface area contributed by atoms with Gasteiger partial charge in [-0.2, -0.15) is 0 Å². The van der Waals surface area contributed by atoms with Gasteiger partial charge in [-0.3, -0.25) is 4.79 Å². The molecule has 2 N–H and O–H groups in total. The number of hydrogen-bond donors (Lipinski definition) is 2. The van der Waals surface area contributed by atoms with E-state index in [1.165, 1.54) is 25.6 Å². The molecule has 0 aliphatic carbocycles. The van der Waals surface area contributed by atoms with Crippen LogP contribution in [0.2, 0.25) is 0 Å². The fourth-order valence-electron chi connectivity index (χ4n) is 4.17. The van der Waals surface area contributed by atoms with Crippen LogP contribution in [0.5, 0.6) is 5.75 Å². The molecule has 9 heteroatoms. The monoisotopic (exact) mass is 472 g/mol. The SMILES string of the molecule is COc1cc(F)ccc1Nc1ncnc2ccc(-c3ccc(C(=O)N4CCN[C@H](C)C4)cc3)nc12. The lowest BCUT2D eigenvalue weighted by Gasteiger charge is -2.32.